The van der Waals surface area contributed by atoms with E-state index in [2.05, 4.69) is 33.3 Å². The van der Waals surface area contributed by atoms with Crippen molar-refractivity contribution in [3.8, 4) is 5.69 Å². The first-order valence-electron chi connectivity index (χ1n) is 9.20. The van der Waals surface area contributed by atoms with E-state index >= 15 is 0 Å². The largest absolute Gasteiger partial charge is 0.378 e. The molecule has 1 aliphatic rings. The van der Waals surface area contributed by atoms with Gasteiger partial charge in [0.15, 0.2) is 0 Å². The SMILES string of the molecule is Cc1nn(-c2ccc(Br)cc2)c(C)c1C(=O)NC(C)CCC1CCCO1. The minimum Gasteiger partial charge on any atom is -0.378 e. The minimum atomic E-state index is -0.0526. The number of rotatable bonds is 6. The van der Waals surface area contributed by atoms with E-state index in [-0.39, 0.29) is 11.9 Å². The molecule has 140 valence electrons. The molecule has 2 atom stereocenters. The summed E-state index contributed by atoms with van der Waals surface area (Å²) in [7, 11) is 0. The lowest BCUT2D eigenvalue weighted by atomic mass is 10.1. The molecule has 0 radical (unpaired) electrons. The van der Waals surface area contributed by atoms with Crippen molar-refractivity contribution in [2.75, 3.05) is 6.61 Å². The second-order valence-electron chi connectivity index (χ2n) is 7.02. The van der Waals surface area contributed by atoms with Gasteiger partial charge in [0.2, 0.25) is 0 Å². The maximum absolute atomic E-state index is 12.8. The number of carbonyl (C=O) groups is 1. The van der Waals surface area contributed by atoms with Gasteiger partial charge in [-0.1, -0.05) is 15.9 Å². The molecule has 1 aromatic carbocycles. The molecule has 2 aromatic rings. The standard InChI is InChI=1S/C20H26BrN3O2/c1-13(6-11-18-5-4-12-26-18)22-20(25)19-14(2)23-24(15(19)3)17-9-7-16(21)8-10-17/h7-10,13,18H,4-6,11-12H2,1-3H3,(H,22,25). The molecule has 1 aliphatic heterocycles. The van der Waals surface area contributed by atoms with E-state index in [9.17, 15) is 4.79 Å². The Balaban J connectivity index is 1.68. The molecule has 0 aliphatic carbocycles. The van der Waals surface area contributed by atoms with Crippen LogP contribution in [0.4, 0.5) is 0 Å². The Morgan fingerprint density at radius 1 is 1.38 bits per heavy atom. The van der Waals surface area contributed by atoms with E-state index in [1.165, 1.54) is 0 Å². The fourth-order valence-electron chi connectivity index (χ4n) is 3.48. The van der Waals surface area contributed by atoms with Gasteiger partial charge in [-0.3, -0.25) is 4.79 Å². The zero-order valence-corrected chi connectivity index (χ0v) is 17.2. The monoisotopic (exact) mass is 419 g/mol. The number of hydrogen-bond acceptors (Lipinski definition) is 3. The van der Waals surface area contributed by atoms with Crippen LogP contribution in [0.5, 0.6) is 0 Å². The highest BCUT2D eigenvalue weighted by atomic mass is 79.9. The first-order valence-corrected chi connectivity index (χ1v) is 9.99. The third kappa shape index (κ3) is 4.35. The highest BCUT2D eigenvalue weighted by molar-refractivity contribution is 9.10. The van der Waals surface area contributed by atoms with Crippen molar-refractivity contribution in [2.24, 2.45) is 0 Å². The Hall–Kier alpha value is -1.66. The van der Waals surface area contributed by atoms with E-state index < -0.39 is 0 Å². The number of nitrogens with zero attached hydrogens (tertiary/aromatic N) is 2. The van der Waals surface area contributed by atoms with Gasteiger partial charge in [0.25, 0.3) is 5.91 Å². The number of halogens is 1. The van der Waals surface area contributed by atoms with E-state index in [1.54, 1.807) is 0 Å². The fraction of sp³-hybridized carbons (Fsp3) is 0.500. The summed E-state index contributed by atoms with van der Waals surface area (Å²) >= 11 is 3.44. The molecule has 1 fully saturated rings. The third-order valence-electron chi connectivity index (χ3n) is 4.91. The van der Waals surface area contributed by atoms with Crippen molar-refractivity contribution in [3.05, 3.63) is 45.7 Å². The maximum Gasteiger partial charge on any atom is 0.255 e. The number of hydrogen-bond donors (Lipinski definition) is 1. The number of ether oxygens (including phenoxy) is 1. The average molecular weight is 420 g/mol. The maximum atomic E-state index is 12.8. The molecule has 2 unspecified atom stereocenters. The summed E-state index contributed by atoms with van der Waals surface area (Å²) in [6, 6.07) is 8.02. The van der Waals surface area contributed by atoms with Gasteiger partial charge in [-0.25, -0.2) is 4.68 Å². The molecule has 1 N–H and O–H groups in total. The zero-order chi connectivity index (χ0) is 18.7. The van der Waals surface area contributed by atoms with Gasteiger partial charge in [0.05, 0.1) is 28.7 Å². The van der Waals surface area contributed by atoms with Crippen LogP contribution in [-0.4, -0.2) is 34.4 Å². The highest BCUT2D eigenvalue weighted by Gasteiger charge is 2.22. The Labute approximate surface area is 163 Å². The lowest BCUT2D eigenvalue weighted by Crippen LogP contribution is -2.33. The van der Waals surface area contributed by atoms with Gasteiger partial charge < -0.3 is 10.1 Å². The number of benzene rings is 1. The first-order chi connectivity index (χ1) is 12.5. The van der Waals surface area contributed by atoms with Crippen LogP contribution >= 0.6 is 15.9 Å². The van der Waals surface area contributed by atoms with Crippen molar-refractivity contribution in [2.45, 2.75) is 58.6 Å². The summed E-state index contributed by atoms with van der Waals surface area (Å²) in [5, 5.41) is 7.69. The predicted molar refractivity (Wildman–Crippen MR) is 106 cm³/mol. The first kappa shape index (κ1) is 19.1. The van der Waals surface area contributed by atoms with Crippen LogP contribution in [-0.2, 0) is 4.74 Å². The highest BCUT2D eigenvalue weighted by Crippen LogP contribution is 2.21. The molecule has 2 heterocycles. The molecule has 0 saturated carbocycles. The minimum absolute atomic E-state index is 0.0526. The predicted octanol–water partition coefficient (Wildman–Crippen LogP) is 4.33. The van der Waals surface area contributed by atoms with Gasteiger partial charge in [0.1, 0.15) is 0 Å². The quantitative estimate of drug-likeness (QED) is 0.757. The van der Waals surface area contributed by atoms with Gasteiger partial charge in [0, 0.05) is 17.1 Å². The summed E-state index contributed by atoms with van der Waals surface area (Å²) in [6.45, 7) is 6.75. The van der Waals surface area contributed by atoms with Crippen molar-refractivity contribution >= 4 is 21.8 Å². The van der Waals surface area contributed by atoms with Crippen molar-refractivity contribution < 1.29 is 9.53 Å². The summed E-state index contributed by atoms with van der Waals surface area (Å²) in [6.07, 6.45) is 4.57. The molecule has 1 aromatic heterocycles. The molecule has 6 heteroatoms. The van der Waals surface area contributed by atoms with E-state index in [0.717, 1.165) is 53.8 Å². The van der Waals surface area contributed by atoms with Gasteiger partial charge in [-0.2, -0.15) is 5.10 Å². The number of amides is 1. The molecule has 26 heavy (non-hydrogen) atoms. The molecular formula is C20H26BrN3O2. The van der Waals surface area contributed by atoms with Crippen LogP contribution in [0.1, 0.15) is 54.4 Å². The van der Waals surface area contributed by atoms with Crippen LogP contribution in [0.15, 0.2) is 28.7 Å². The van der Waals surface area contributed by atoms with Crippen LogP contribution in [0.3, 0.4) is 0 Å². The lowest BCUT2D eigenvalue weighted by Gasteiger charge is -2.16. The van der Waals surface area contributed by atoms with Crippen LogP contribution in [0.25, 0.3) is 5.69 Å². The number of nitrogens with one attached hydrogen (secondary N) is 1. The Bertz CT molecular complexity index is 764. The van der Waals surface area contributed by atoms with Gasteiger partial charge in [-0.05, 0) is 70.7 Å². The van der Waals surface area contributed by atoms with E-state index in [4.69, 9.17) is 4.74 Å². The topological polar surface area (TPSA) is 56.2 Å². The Morgan fingerprint density at radius 3 is 2.77 bits per heavy atom. The van der Waals surface area contributed by atoms with Crippen LogP contribution in [0.2, 0.25) is 0 Å². The van der Waals surface area contributed by atoms with E-state index in [0.29, 0.717) is 11.7 Å². The molecule has 3 rings (SSSR count). The summed E-state index contributed by atoms with van der Waals surface area (Å²) in [4.78, 5) is 12.8. The van der Waals surface area contributed by atoms with Crippen LogP contribution in [0, 0.1) is 13.8 Å². The average Bonchev–Trinajstić information content (AvgIpc) is 3.21. The second-order valence-corrected chi connectivity index (χ2v) is 7.94. The summed E-state index contributed by atoms with van der Waals surface area (Å²) < 4.78 is 8.50. The molecular weight excluding hydrogens is 394 g/mol. The number of aromatic nitrogens is 2. The molecule has 5 nitrogen and oxygen atoms in total. The number of aryl methyl sites for hydroxylation is 1. The second kappa shape index (κ2) is 8.35. The normalized spacial score (nSPS) is 18.1. The van der Waals surface area contributed by atoms with Crippen LogP contribution < -0.4 is 5.32 Å². The third-order valence-corrected chi connectivity index (χ3v) is 5.44. The van der Waals surface area contributed by atoms with E-state index in [1.807, 2.05) is 42.8 Å². The molecule has 0 bridgehead atoms. The summed E-state index contributed by atoms with van der Waals surface area (Å²) in [5.74, 6) is -0.0526. The van der Waals surface area contributed by atoms with Gasteiger partial charge in [-0.15, -0.1) is 0 Å². The molecule has 0 spiro atoms. The molecule has 1 amide bonds. The molecule has 1 saturated heterocycles. The Morgan fingerprint density at radius 2 is 2.12 bits per heavy atom. The zero-order valence-electron chi connectivity index (χ0n) is 15.6. The lowest BCUT2D eigenvalue weighted by molar-refractivity contribution is 0.0898. The number of carbonyl (C=O) groups excluding carboxylic acids is 1. The fourth-order valence-corrected chi connectivity index (χ4v) is 3.75. The smallest absolute Gasteiger partial charge is 0.255 e. The summed E-state index contributed by atoms with van der Waals surface area (Å²) in [5.41, 5.74) is 3.21. The van der Waals surface area contributed by atoms with Gasteiger partial charge >= 0.3 is 0 Å². The van der Waals surface area contributed by atoms with Crippen molar-refractivity contribution in [1.29, 1.82) is 0 Å². The Kier molecular flexibility index (Phi) is 6.14. The van der Waals surface area contributed by atoms with Crippen molar-refractivity contribution in [1.82, 2.24) is 15.1 Å². The van der Waals surface area contributed by atoms with Crippen molar-refractivity contribution in [3.63, 3.8) is 0 Å².